The Labute approximate surface area is 234 Å². The Balaban J connectivity index is 1.16. The van der Waals surface area contributed by atoms with Crippen molar-refractivity contribution in [2.45, 2.75) is 32.2 Å². The number of nitrogens with one attached hydrogen (secondary N) is 1. The Bertz CT molecular complexity index is 1550. The summed E-state index contributed by atoms with van der Waals surface area (Å²) in [4.78, 5) is 19.1. The largest absolute Gasteiger partial charge is 0.486 e. The van der Waals surface area contributed by atoms with Gasteiger partial charge in [-0.1, -0.05) is 66.7 Å². The van der Waals surface area contributed by atoms with Crippen molar-refractivity contribution < 1.29 is 13.9 Å². The summed E-state index contributed by atoms with van der Waals surface area (Å²) in [5.74, 6) is 1.37. The number of carbonyl (C=O) groups excluding carboxylic acids is 1. The molecule has 0 radical (unpaired) electrons. The van der Waals surface area contributed by atoms with Crippen LogP contribution in [-0.4, -0.2) is 22.3 Å². The van der Waals surface area contributed by atoms with Gasteiger partial charge in [-0.25, -0.2) is 0 Å². The Hall–Kier alpha value is -4.68. The minimum absolute atomic E-state index is 0.132. The molecule has 1 unspecified atom stereocenters. The summed E-state index contributed by atoms with van der Waals surface area (Å²) < 4.78 is 12.0. The van der Waals surface area contributed by atoms with Crippen molar-refractivity contribution in [2.75, 3.05) is 6.54 Å². The number of pyridine rings is 1. The maximum Gasteiger partial charge on any atom is 0.287 e. The molecule has 1 aliphatic rings. The van der Waals surface area contributed by atoms with Gasteiger partial charge in [0.05, 0.1) is 6.04 Å². The highest BCUT2D eigenvalue weighted by Crippen LogP contribution is 2.38. The highest BCUT2D eigenvalue weighted by Gasteiger charge is 2.29. The fourth-order valence-electron chi connectivity index (χ4n) is 5.25. The van der Waals surface area contributed by atoms with E-state index in [1.54, 1.807) is 24.5 Å². The van der Waals surface area contributed by atoms with Crippen molar-refractivity contribution >= 4 is 5.91 Å². The molecule has 1 aliphatic heterocycles. The van der Waals surface area contributed by atoms with Gasteiger partial charge in [0.15, 0.2) is 5.76 Å². The van der Waals surface area contributed by atoms with E-state index in [4.69, 9.17) is 9.15 Å². The third-order valence-corrected chi connectivity index (χ3v) is 7.26. The summed E-state index contributed by atoms with van der Waals surface area (Å²) in [6, 6.07) is 35.0. The molecule has 40 heavy (non-hydrogen) atoms. The molecule has 5 aromatic rings. The molecule has 0 saturated heterocycles. The summed E-state index contributed by atoms with van der Waals surface area (Å²) in [6.07, 6.45) is 4.39. The molecule has 3 aromatic carbocycles. The number of amides is 1. The van der Waals surface area contributed by atoms with Crippen molar-refractivity contribution in [3.8, 4) is 5.75 Å². The van der Waals surface area contributed by atoms with E-state index in [0.717, 1.165) is 30.8 Å². The zero-order valence-corrected chi connectivity index (χ0v) is 22.2. The number of hydrogen-bond donors (Lipinski definition) is 1. The molecule has 1 atom stereocenters. The lowest BCUT2D eigenvalue weighted by molar-refractivity contribution is 0.0919. The molecule has 6 nitrogen and oxygen atoms in total. The maximum absolute atomic E-state index is 12.5. The Morgan fingerprint density at radius 1 is 0.900 bits per heavy atom. The van der Waals surface area contributed by atoms with Crippen LogP contribution in [0.3, 0.4) is 0 Å². The minimum atomic E-state index is -0.263. The van der Waals surface area contributed by atoms with E-state index in [1.165, 1.54) is 22.3 Å². The maximum atomic E-state index is 12.5. The third kappa shape index (κ3) is 5.98. The van der Waals surface area contributed by atoms with Crippen LogP contribution in [0.2, 0.25) is 0 Å². The van der Waals surface area contributed by atoms with Gasteiger partial charge in [-0.3, -0.25) is 14.7 Å². The van der Waals surface area contributed by atoms with Crippen molar-refractivity contribution in [3.63, 3.8) is 0 Å². The van der Waals surface area contributed by atoms with E-state index in [9.17, 15) is 4.79 Å². The van der Waals surface area contributed by atoms with Gasteiger partial charge in [0, 0.05) is 32.0 Å². The highest BCUT2D eigenvalue weighted by atomic mass is 16.5. The fourth-order valence-corrected chi connectivity index (χ4v) is 5.25. The van der Waals surface area contributed by atoms with E-state index in [-0.39, 0.29) is 24.3 Å². The average Bonchev–Trinajstić information content (AvgIpc) is 3.49. The molecule has 6 rings (SSSR count). The summed E-state index contributed by atoms with van der Waals surface area (Å²) >= 11 is 0. The molecule has 0 saturated carbocycles. The van der Waals surface area contributed by atoms with Gasteiger partial charge < -0.3 is 14.5 Å². The number of aromatic nitrogens is 1. The Kier molecular flexibility index (Phi) is 7.69. The van der Waals surface area contributed by atoms with Crippen LogP contribution in [0.1, 0.15) is 50.2 Å². The fraction of sp³-hybridized carbons (Fsp3) is 0.176. The van der Waals surface area contributed by atoms with E-state index in [1.807, 2.05) is 18.2 Å². The molecular weight excluding hydrogens is 498 g/mol. The molecule has 0 bridgehead atoms. The second-order valence-electron chi connectivity index (χ2n) is 9.97. The second-order valence-corrected chi connectivity index (χ2v) is 9.97. The number of nitrogens with zero attached hydrogens (tertiary/aromatic N) is 2. The first-order chi connectivity index (χ1) is 19.7. The van der Waals surface area contributed by atoms with Gasteiger partial charge in [0.2, 0.25) is 0 Å². The van der Waals surface area contributed by atoms with E-state index in [2.05, 4.69) is 88.0 Å². The van der Waals surface area contributed by atoms with Crippen LogP contribution in [0.4, 0.5) is 0 Å². The van der Waals surface area contributed by atoms with E-state index < -0.39 is 0 Å². The number of ether oxygens (including phenoxy) is 1. The SMILES string of the molecule is O=C(NCc1ccncc1)c1ccc(COc2ccc3c(c2)C(c2ccccc2)N(Cc2ccccc2)CC3)o1. The Morgan fingerprint density at radius 3 is 2.48 bits per heavy atom. The van der Waals surface area contributed by atoms with Gasteiger partial charge in [-0.15, -0.1) is 0 Å². The van der Waals surface area contributed by atoms with Crippen LogP contribution >= 0.6 is 0 Å². The first-order valence-corrected chi connectivity index (χ1v) is 13.6. The van der Waals surface area contributed by atoms with Crippen LogP contribution in [0.5, 0.6) is 5.75 Å². The minimum Gasteiger partial charge on any atom is -0.486 e. The predicted octanol–water partition coefficient (Wildman–Crippen LogP) is 6.33. The van der Waals surface area contributed by atoms with Crippen LogP contribution in [0, 0.1) is 0 Å². The lowest BCUT2D eigenvalue weighted by atomic mass is 9.87. The van der Waals surface area contributed by atoms with Crippen LogP contribution in [0.25, 0.3) is 0 Å². The molecule has 1 N–H and O–H groups in total. The van der Waals surface area contributed by atoms with Crippen LogP contribution < -0.4 is 10.1 Å². The normalized spacial score (nSPS) is 14.8. The standard InChI is InChI=1S/C34H31N3O3/c38-34(36-22-25-15-18-35-19-16-25)32-14-13-30(40-32)24-39-29-12-11-27-17-20-37(23-26-7-3-1-4-8-26)33(31(27)21-29)28-9-5-2-6-10-28/h1-16,18-19,21,33H,17,20,22-24H2,(H,36,38). The second kappa shape index (κ2) is 12.0. The predicted molar refractivity (Wildman–Crippen MR) is 154 cm³/mol. The topological polar surface area (TPSA) is 67.6 Å². The number of fused-ring (bicyclic) bond motifs is 1. The van der Waals surface area contributed by atoms with Crippen LogP contribution in [0.15, 0.2) is 120 Å². The van der Waals surface area contributed by atoms with Crippen LogP contribution in [-0.2, 0) is 26.1 Å². The summed E-state index contributed by atoms with van der Waals surface area (Å²) in [7, 11) is 0. The van der Waals surface area contributed by atoms with Crippen molar-refractivity contribution in [1.29, 1.82) is 0 Å². The highest BCUT2D eigenvalue weighted by molar-refractivity contribution is 5.91. The molecule has 6 heteroatoms. The van der Waals surface area contributed by atoms with Gasteiger partial charge in [0.25, 0.3) is 5.91 Å². The Morgan fingerprint density at radius 2 is 1.68 bits per heavy atom. The van der Waals surface area contributed by atoms with Crippen molar-refractivity contribution in [2.24, 2.45) is 0 Å². The lowest BCUT2D eigenvalue weighted by Gasteiger charge is -2.38. The molecule has 0 aliphatic carbocycles. The number of benzene rings is 3. The van der Waals surface area contributed by atoms with Gasteiger partial charge in [-0.05, 0) is 70.6 Å². The first kappa shape index (κ1) is 25.6. The molecular formula is C34H31N3O3. The molecule has 0 fully saturated rings. The monoisotopic (exact) mass is 529 g/mol. The number of rotatable bonds is 9. The molecule has 2 aromatic heterocycles. The van der Waals surface area contributed by atoms with Crippen molar-refractivity contribution in [3.05, 3.63) is 155 Å². The van der Waals surface area contributed by atoms with Gasteiger partial charge in [0.1, 0.15) is 18.1 Å². The number of furan rings is 1. The smallest absolute Gasteiger partial charge is 0.287 e. The number of carbonyl (C=O) groups is 1. The molecule has 0 spiro atoms. The summed E-state index contributed by atoms with van der Waals surface area (Å²) in [5, 5.41) is 2.87. The van der Waals surface area contributed by atoms with Gasteiger partial charge >= 0.3 is 0 Å². The third-order valence-electron chi connectivity index (χ3n) is 7.26. The van der Waals surface area contributed by atoms with Gasteiger partial charge in [-0.2, -0.15) is 0 Å². The van der Waals surface area contributed by atoms with E-state index >= 15 is 0 Å². The lowest BCUT2D eigenvalue weighted by Crippen LogP contribution is -2.35. The summed E-state index contributed by atoms with van der Waals surface area (Å²) in [6.45, 7) is 2.51. The zero-order chi connectivity index (χ0) is 27.1. The molecule has 1 amide bonds. The average molecular weight is 530 g/mol. The number of hydrogen-bond acceptors (Lipinski definition) is 5. The molecule has 200 valence electrons. The van der Waals surface area contributed by atoms with Crippen molar-refractivity contribution in [1.82, 2.24) is 15.2 Å². The quantitative estimate of drug-likeness (QED) is 0.242. The summed E-state index contributed by atoms with van der Waals surface area (Å²) in [5.41, 5.74) is 6.16. The zero-order valence-electron chi connectivity index (χ0n) is 22.2. The first-order valence-electron chi connectivity index (χ1n) is 13.6. The van der Waals surface area contributed by atoms with E-state index in [0.29, 0.717) is 12.3 Å². The molecule has 3 heterocycles.